The first-order valence-corrected chi connectivity index (χ1v) is 12.9. The van der Waals surface area contributed by atoms with Crippen LogP contribution in [0.4, 0.5) is 13.2 Å². The Balaban J connectivity index is 2.81. The van der Waals surface area contributed by atoms with Crippen LogP contribution in [0.1, 0.15) is 31.2 Å². The van der Waals surface area contributed by atoms with Crippen molar-refractivity contribution in [2.24, 2.45) is 5.92 Å². The summed E-state index contributed by atoms with van der Waals surface area (Å²) < 4.78 is 59.9. The fourth-order valence-electron chi connectivity index (χ4n) is 3.52. The highest BCUT2D eigenvalue weighted by molar-refractivity contribution is 6.70. The normalized spacial score (nSPS) is 18.3. The van der Waals surface area contributed by atoms with Crippen molar-refractivity contribution in [1.82, 2.24) is 0 Å². The molecule has 2 atom stereocenters. The molecule has 2 rings (SSSR count). The number of ether oxygens (including phenoxy) is 2. The van der Waals surface area contributed by atoms with Crippen LogP contribution in [0.2, 0.25) is 24.7 Å². The number of benzene rings is 1. The highest BCUT2D eigenvalue weighted by Crippen LogP contribution is 2.58. The fraction of sp³-hybridized carbons (Fsp3) is 0.632. The smallest absolute Gasteiger partial charge is 0.428 e. The van der Waals surface area contributed by atoms with Crippen LogP contribution >= 0.6 is 11.6 Å². The second-order valence-electron chi connectivity index (χ2n) is 7.85. The highest BCUT2D eigenvalue weighted by Gasteiger charge is 2.71. The summed E-state index contributed by atoms with van der Waals surface area (Å²) >= 11 is 6.18. The van der Waals surface area contributed by atoms with Gasteiger partial charge in [-0.25, -0.2) is 4.79 Å². The number of halogens is 4. The standard InChI is InChI=1S/C19H26ClF3O4Si/c1-6-26-17(24)18(19(21,22)23,27-28(3,4)5)15(12-10-11-12)13-8-7-9-14(20)16(13)25-2/h7-9,12,15H,6,10-11H2,1-5H3. The van der Waals surface area contributed by atoms with E-state index in [1.54, 1.807) is 25.7 Å². The average molecular weight is 439 g/mol. The van der Waals surface area contributed by atoms with Crippen LogP contribution in [0.15, 0.2) is 18.2 Å². The topological polar surface area (TPSA) is 44.8 Å². The molecule has 158 valence electrons. The molecule has 1 aromatic rings. The molecule has 0 radical (unpaired) electrons. The number of carbonyl (C=O) groups excluding carboxylic acids is 1. The van der Waals surface area contributed by atoms with Gasteiger partial charge in [-0.05, 0) is 51.4 Å². The van der Waals surface area contributed by atoms with Crippen LogP contribution in [0.3, 0.4) is 0 Å². The maximum atomic E-state index is 14.7. The predicted molar refractivity (Wildman–Crippen MR) is 103 cm³/mol. The van der Waals surface area contributed by atoms with Crippen LogP contribution in [0, 0.1) is 5.92 Å². The molecule has 4 nitrogen and oxygen atoms in total. The van der Waals surface area contributed by atoms with E-state index in [0.717, 1.165) is 0 Å². The van der Waals surface area contributed by atoms with E-state index in [1.807, 2.05) is 0 Å². The predicted octanol–water partition coefficient (Wildman–Crippen LogP) is 5.56. The van der Waals surface area contributed by atoms with Crippen LogP contribution in [0.25, 0.3) is 0 Å². The van der Waals surface area contributed by atoms with Crippen molar-refractivity contribution >= 4 is 25.9 Å². The summed E-state index contributed by atoms with van der Waals surface area (Å²) in [4.78, 5) is 12.9. The van der Waals surface area contributed by atoms with Gasteiger partial charge in [-0.3, -0.25) is 0 Å². The van der Waals surface area contributed by atoms with E-state index >= 15 is 0 Å². The third-order valence-corrected chi connectivity index (χ3v) is 5.77. The maximum absolute atomic E-state index is 14.7. The van der Waals surface area contributed by atoms with Gasteiger partial charge in [0.1, 0.15) is 5.75 Å². The lowest BCUT2D eigenvalue weighted by atomic mass is 9.77. The van der Waals surface area contributed by atoms with Crippen molar-refractivity contribution < 1.29 is 31.9 Å². The van der Waals surface area contributed by atoms with Crippen LogP contribution in [-0.4, -0.2) is 39.8 Å². The van der Waals surface area contributed by atoms with Crippen molar-refractivity contribution in [1.29, 1.82) is 0 Å². The van der Waals surface area contributed by atoms with Gasteiger partial charge >= 0.3 is 12.1 Å². The van der Waals surface area contributed by atoms with E-state index in [4.69, 9.17) is 25.5 Å². The minimum Gasteiger partial charge on any atom is -0.495 e. The SMILES string of the molecule is CCOC(=O)C(O[Si](C)(C)C)(C(c1cccc(Cl)c1OC)C1CC1)C(F)(F)F. The molecular weight excluding hydrogens is 413 g/mol. The summed E-state index contributed by atoms with van der Waals surface area (Å²) in [5.74, 6) is -3.00. The Hall–Kier alpha value is -1.25. The number of hydrogen-bond acceptors (Lipinski definition) is 4. The van der Waals surface area contributed by atoms with Gasteiger partial charge in [0.15, 0.2) is 8.32 Å². The molecule has 2 unspecified atom stereocenters. The number of para-hydroxylation sites is 1. The monoisotopic (exact) mass is 438 g/mol. The minimum absolute atomic E-state index is 0.123. The zero-order valence-corrected chi connectivity index (χ0v) is 18.4. The summed E-state index contributed by atoms with van der Waals surface area (Å²) in [5.41, 5.74) is -2.91. The van der Waals surface area contributed by atoms with E-state index in [-0.39, 0.29) is 22.9 Å². The molecule has 1 aromatic carbocycles. The summed E-state index contributed by atoms with van der Waals surface area (Å²) in [6.07, 6.45) is -3.89. The number of alkyl halides is 3. The molecule has 0 N–H and O–H groups in total. The Bertz CT molecular complexity index is 716. The Kier molecular flexibility index (Phi) is 6.78. The summed E-state index contributed by atoms with van der Waals surface area (Å²) in [5, 5.41) is 0.179. The molecule has 0 saturated heterocycles. The van der Waals surface area contributed by atoms with Crippen molar-refractivity contribution in [2.45, 2.75) is 57.1 Å². The molecule has 1 saturated carbocycles. The van der Waals surface area contributed by atoms with Crippen molar-refractivity contribution in [3.05, 3.63) is 28.8 Å². The molecule has 1 fully saturated rings. The number of carbonyl (C=O) groups is 1. The third kappa shape index (κ3) is 4.49. The van der Waals surface area contributed by atoms with Gasteiger partial charge in [0.2, 0.25) is 0 Å². The average Bonchev–Trinajstić information content (AvgIpc) is 3.37. The minimum atomic E-state index is -4.99. The Morgan fingerprint density at radius 3 is 2.32 bits per heavy atom. The lowest BCUT2D eigenvalue weighted by molar-refractivity contribution is -0.265. The number of methoxy groups -OCH3 is 1. The lowest BCUT2D eigenvalue weighted by Crippen LogP contribution is -2.63. The summed E-state index contributed by atoms with van der Waals surface area (Å²) in [6, 6.07) is 4.60. The number of esters is 1. The summed E-state index contributed by atoms with van der Waals surface area (Å²) in [6.45, 7) is 6.14. The van der Waals surface area contributed by atoms with Crippen LogP contribution in [-0.2, 0) is 14.0 Å². The van der Waals surface area contributed by atoms with Crippen molar-refractivity contribution in [2.75, 3.05) is 13.7 Å². The van der Waals surface area contributed by atoms with Gasteiger partial charge in [0, 0.05) is 11.5 Å². The molecule has 0 bridgehead atoms. The van der Waals surface area contributed by atoms with E-state index in [0.29, 0.717) is 12.8 Å². The van der Waals surface area contributed by atoms with Gasteiger partial charge in [0.05, 0.1) is 18.7 Å². The molecular formula is C19H26ClF3O4Si. The number of rotatable bonds is 8. The Labute approximate surface area is 169 Å². The first kappa shape index (κ1) is 23.0. The summed E-state index contributed by atoms with van der Waals surface area (Å²) in [7, 11) is -1.50. The van der Waals surface area contributed by atoms with Gasteiger partial charge in [-0.2, -0.15) is 13.2 Å². The quantitative estimate of drug-likeness (QED) is 0.394. The van der Waals surface area contributed by atoms with Gasteiger partial charge in [-0.1, -0.05) is 23.7 Å². The molecule has 0 amide bonds. The third-order valence-electron chi connectivity index (χ3n) is 4.53. The van der Waals surface area contributed by atoms with E-state index in [1.165, 1.54) is 26.2 Å². The molecule has 0 aromatic heterocycles. The van der Waals surface area contributed by atoms with Gasteiger partial charge < -0.3 is 13.9 Å². The molecule has 1 aliphatic carbocycles. The Morgan fingerprint density at radius 2 is 1.89 bits per heavy atom. The molecule has 0 spiro atoms. The largest absolute Gasteiger partial charge is 0.495 e. The maximum Gasteiger partial charge on any atom is 0.428 e. The first-order valence-electron chi connectivity index (χ1n) is 9.15. The highest BCUT2D eigenvalue weighted by atomic mass is 35.5. The van der Waals surface area contributed by atoms with Gasteiger partial charge in [0.25, 0.3) is 5.60 Å². The van der Waals surface area contributed by atoms with Crippen LogP contribution in [0.5, 0.6) is 5.75 Å². The first-order chi connectivity index (χ1) is 12.9. The molecule has 9 heteroatoms. The van der Waals surface area contributed by atoms with Crippen molar-refractivity contribution in [3.8, 4) is 5.75 Å². The van der Waals surface area contributed by atoms with E-state index in [2.05, 4.69) is 0 Å². The lowest BCUT2D eigenvalue weighted by Gasteiger charge is -2.44. The van der Waals surface area contributed by atoms with Gasteiger partial charge in [-0.15, -0.1) is 0 Å². The number of hydrogen-bond donors (Lipinski definition) is 0. The Morgan fingerprint density at radius 1 is 1.29 bits per heavy atom. The zero-order chi connectivity index (χ0) is 21.3. The molecule has 0 aliphatic heterocycles. The van der Waals surface area contributed by atoms with Crippen molar-refractivity contribution in [3.63, 3.8) is 0 Å². The fourth-order valence-corrected chi connectivity index (χ4v) is 5.07. The molecule has 1 aliphatic rings. The second kappa shape index (κ2) is 8.24. The molecule has 28 heavy (non-hydrogen) atoms. The van der Waals surface area contributed by atoms with E-state index < -0.39 is 37.9 Å². The molecule has 0 heterocycles. The second-order valence-corrected chi connectivity index (χ2v) is 12.7. The zero-order valence-electron chi connectivity index (χ0n) is 16.7. The van der Waals surface area contributed by atoms with Crippen LogP contribution < -0.4 is 4.74 Å². The van der Waals surface area contributed by atoms with E-state index in [9.17, 15) is 18.0 Å².